The molecule has 0 unspecified atom stereocenters. The van der Waals surface area contributed by atoms with Crippen LogP contribution >= 0.6 is 0 Å². The number of aromatic nitrogens is 2. The number of anilines is 1. The molecule has 1 aromatic heterocycles. The molecule has 1 fully saturated rings. The summed E-state index contributed by atoms with van der Waals surface area (Å²) in [6, 6.07) is 6.69. The van der Waals surface area contributed by atoms with Crippen LogP contribution in [0.25, 0.3) is 0 Å². The van der Waals surface area contributed by atoms with Crippen molar-refractivity contribution in [1.82, 2.24) is 14.9 Å². The van der Waals surface area contributed by atoms with Crippen molar-refractivity contribution in [2.24, 2.45) is 0 Å². The summed E-state index contributed by atoms with van der Waals surface area (Å²) in [5.41, 5.74) is 1.64. The number of benzene rings is 1. The Morgan fingerprint density at radius 1 is 1.29 bits per heavy atom. The molecule has 128 valence electrons. The molecular weight excluding hydrogens is 307 g/mol. The van der Waals surface area contributed by atoms with Gasteiger partial charge in [0, 0.05) is 37.6 Å². The fraction of sp³-hybridized carbons (Fsp3) is 0.444. The minimum atomic E-state index is -0.448. The van der Waals surface area contributed by atoms with Gasteiger partial charge in [-0.25, -0.2) is 14.4 Å². The Hall–Kier alpha value is -2.05. The Bertz CT molecular complexity index is 664. The number of rotatable bonds is 5. The fourth-order valence-corrected chi connectivity index (χ4v) is 3.26. The Morgan fingerprint density at radius 3 is 2.75 bits per heavy atom. The molecule has 1 aliphatic heterocycles. The first kappa shape index (κ1) is 16.8. The standard InChI is InChI=1S/C18H23FN4O/c1-20-18-21-10-13(11-22-18)12-23-8-4-7-17(24)16(23)9-14-5-2-3-6-15(14)19/h2-3,5-6,10-11,16-17,24H,4,7-9,12H2,1H3,(H,20,21,22)/t16-,17-/m0/s1. The molecule has 2 heterocycles. The predicted octanol–water partition coefficient (Wildman–Crippen LogP) is 2.23. The molecule has 0 radical (unpaired) electrons. The molecule has 24 heavy (non-hydrogen) atoms. The lowest BCUT2D eigenvalue weighted by atomic mass is 9.92. The first-order valence-corrected chi connectivity index (χ1v) is 8.31. The quantitative estimate of drug-likeness (QED) is 0.880. The minimum Gasteiger partial charge on any atom is -0.391 e. The minimum absolute atomic E-state index is 0.0976. The van der Waals surface area contributed by atoms with Crippen LogP contribution < -0.4 is 5.32 Å². The van der Waals surface area contributed by atoms with Crippen molar-refractivity contribution < 1.29 is 9.50 Å². The number of hydrogen-bond donors (Lipinski definition) is 2. The third-order valence-electron chi connectivity index (χ3n) is 4.56. The van der Waals surface area contributed by atoms with E-state index in [1.165, 1.54) is 6.07 Å². The summed E-state index contributed by atoms with van der Waals surface area (Å²) in [6.07, 6.45) is 5.33. The van der Waals surface area contributed by atoms with E-state index in [0.717, 1.165) is 24.9 Å². The first-order valence-electron chi connectivity index (χ1n) is 8.31. The Labute approximate surface area is 141 Å². The second-order valence-electron chi connectivity index (χ2n) is 6.21. The van der Waals surface area contributed by atoms with E-state index in [0.29, 0.717) is 24.5 Å². The topological polar surface area (TPSA) is 61.3 Å². The summed E-state index contributed by atoms with van der Waals surface area (Å²) in [7, 11) is 1.78. The lowest BCUT2D eigenvalue weighted by Gasteiger charge is -2.39. The largest absolute Gasteiger partial charge is 0.391 e. The van der Waals surface area contributed by atoms with E-state index < -0.39 is 6.10 Å². The van der Waals surface area contributed by atoms with E-state index >= 15 is 0 Å². The van der Waals surface area contributed by atoms with Crippen molar-refractivity contribution in [2.75, 3.05) is 18.9 Å². The van der Waals surface area contributed by atoms with Gasteiger partial charge in [-0.2, -0.15) is 0 Å². The number of nitrogens with one attached hydrogen (secondary N) is 1. The molecule has 1 saturated heterocycles. The zero-order chi connectivity index (χ0) is 16.9. The highest BCUT2D eigenvalue weighted by molar-refractivity contribution is 5.23. The number of nitrogens with zero attached hydrogens (tertiary/aromatic N) is 3. The smallest absolute Gasteiger partial charge is 0.222 e. The molecular formula is C18H23FN4O. The third kappa shape index (κ3) is 3.88. The van der Waals surface area contributed by atoms with Crippen molar-refractivity contribution >= 4 is 5.95 Å². The molecule has 3 rings (SSSR count). The Morgan fingerprint density at radius 2 is 2.04 bits per heavy atom. The first-order chi connectivity index (χ1) is 11.7. The Balaban J connectivity index is 1.75. The molecule has 0 spiro atoms. The number of likely N-dealkylation sites (tertiary alicyclic amines) is 1. The summed E-state index contributed by atoms with van der Waals surface area (Å²) >= 11 is 0. The zero-order valence-electron chi connectivity index (χ0n) is 13.8. The number of hydrogen-bond acceptors (Lipinski definition) is 5. The van der Waals surface area contributed by atoms with Crippen LogP contribution in [-0.2, 0) is 13.0 Å². The van der Waals surface area contributed by atoms with Gasteiger partial charge in [0.2, 0.25) is 5.95 Å². The number of aliphatic hydroxyl groups excluding tert-OH is 1. The predicted molar refractivity (Wildman–Crippen MR) is 91.1 cm³/mol. The molecule has 2 aromatic rings. The van der Waals surface area contributed by atoms with Crippen LogP contribution in [0.4, 0.5) is 10.3 Å². The lowest BCUT2D eigenvalue weighted by Crippen LogP contribution is -2.49. The maximum absolute atomic E-state index is 14.0. The summed E-state index contributed by atoms with van der Waals surface area (Å²) in [6.45, 7) is 1.53. The van der Waals surface area contributed by atoms with Gasteiger partial charge in [-0.3, -0.25) is 4.90 Å². The van der Waals surface area contributed by atoms with Gasteiger partial charge in [0.05, 0.1) is 6.10 Å². The highest BCUT2D eigenvalue weighted by Crippen LogP contribution is 2.24. The zero-order valence-corrected chi connectivity index (χ0v) is 13.8. The van der Waals surface area contributed by atoms with Gasteiger partial charge in [-0.05, 0) is 37.4 Å². The number of halogens is 1. The van der Waals surface area contributed by atoms with Crippen molar-refractivity contribution in [2.45, 2.75) is 38.0 Å². The van der Waals surface area contributed by atoms with Crippen LogP contribution in [-0.4, -0.2) is 45.7 Å². The SMILES string of the molecule is CNc1ncc(CN2CCC[C@H](O)[C@@H]2Cc2ccccc2F)cn1. The molecule has 1 aromatic carbocycles. The molecule has 2 N–H and O–H groups in total. The summed E-state index contributed by atoms with van der Waals surface area (Å²) in [5, 5.41) is 13.3. The lowest BCUT2D eigenvalue weighted by molar-refractivity contribution is 0.00631. The molecule has 5 nitrogen and oxygen atoms in total. The van der Waals surface area contributed by atoms with Gasteiger partial charge < -0.3 is 10.4 Å². The number of aliphatic hydroxyl groups is 1. The van der Waals surface area contributed by atoms with Crippen molar-refractivity contribution in [3.05, 3.63) is 53.6 Å². The maximum Gasteiger partial charge on any atom is 0.222 e. The van der Waals surface area contributed by atoms with Crippen molar-refractivity contribution in [3.8, 4) is 0 Å². The molecule has 1 aliphatic rings. The van der Waals surface area contributed by atoms with E-state index in [1.54, 1.807) is 31.6 Å². The average molecular weight is 330 g/mol. The van der Waals surface area contributed by atoms with E-state index in [-0.39, 0.29) is 11.9 Å². The van der Waals surface area contributed by atoms with Gasteiger partial charge in [-0.1, -0.05) is 18.2 Å². The third-order valence-corrected chi connectivity index (χ3v) is 4.56. The van der Waals surface area contributed by atoms with Gasteiger partial charge in [0.15, 0.2) is 0 Å². The van der Waals surface area contributed by atoms with Crippen molar-refractivity contribution in [3.63, 3.8) is 0 Å². The van der Waals surface area contributed by atoms with E-state index in [4.69, 9.17) is 0 Å². The summed E-state index contributed by atoms with van der Waals surface area (Å²) < 4.78 is 14.0. The van der Waals surface area contributed by atoms with E-state index in [9.17, 15) is 9.50 Å². The molecule has 0 bridgehead atoms. The van der Waals surface area contributed by atoms with Crippen LogP contribution in [0.15, 0.2) is 36.7 Å². The van der Waals surface area contributed by atoms with Gasteiger partial charge in [0.25, 0.3) is 0 Å². The normalized spacial score (nSPS) is 21.6. The number of piperidine rings is 1. The van der Waals surface area contributed by atoms with Crippen LogP contribution in [0, 0.1) is 5.82 Å². The van der Waals surface area contributed by atoms with Gasteiger partial charge >= 0.3 is 0 Å². The van der Waals surface area contributed by atoms with E-state index in [2.05, 4.69) is 20.2 Å². The van der Waals surface area contributed by atoms with Gasteiger partial charge in [0.1, 0.15) is 5.82 Å². The highest BCUT2D eigenvalue weighted by atomic mass is 19.1. The second-order valence-corrected chi connectivity index (χ2v) is 6.21. The molecule has 0 aliphatic carbocycles. The van der Waals surface area contributed by atoms with Crippen LogP contribution in [0.2, 0.25) is 0 Å². The van der Waals surface area contributed by atoms with Crippen molar-refractivity contribution in [1.29, 1.82) is 0 Å². The average Bonchev–Trinajstić information content (AvgIpc) is 2.60. The van der Waals surface area contributed by atoms with Crippen LogP contribution in [0.1, 0.15) is 24.0 Å². The Kier molecular flexibility index (Phi) is 5.37. The molecule has 6 heteroatoms. The molecule has 0 amide bonds. The monoisotopic (exact) mass is 330 g/mol. The summed E-state index contributed by atoms with van der Waals surface area (Å²) in [4.78, 5) is 10.7. The van der Waals surface area contributed by atoms with Crippen LogP contribution in [0.5, 0.6) is 0 Å². The van der Waals surface area contributed by atoms with Crippen LogP contribution in [0.3, 0.4) is 0 Å². The van der Waals surface area contributed by atoms with E-state index in [1.807, 2.05) is 6.07 Å². The molecule has 2 atom stereocenters. The van der Waals surface area contributed by atoms with Gasteiger partial charge in [-0.15, -0.1) is 0 Å². The highest BCUT2D eigenvalue weighted by Gasteiger charge is 2.30. The fourth-order valence-electron chi connectivity index (χ4n) is 3.26. The summed E-state index contributed by atoms with van der Waals surface area (Å²) in [5.74, 6) is 0.372. The second kappa shape index (κ2) is 7.68. The maximum atomic E-state index is 14.0. The molecule has 0 saturated carbocycles.